The van der Waals surface area contributed by atoms with Crippen LogP contribution in [0.5, 0.6) is 23.0 Å². The van der Waals surface area contributed by atoms with Crippen molar-refractivity contribution in [2.45, 2.75) is 143 Å². The summed E-state index contributed by atoms with van der Waals surface area (Å²) in [7, 11) is -18.2. The predicted octanol–water partition coefficient (Wildman–Crippen LogP) is -0.719. The number of benzene rings is 4. The highest BCUT2D eigenvalue weighted by atomic mass is 31.2. The molecule has 20 atom stereocenters. The first-order chi connectivity index (χ1) is 60.8. The van der Waals surface area contributed by atoms with Crippen LogP contribution in [0.2, 0.25) is 0 Å². The fourth-order valence-corrected chi connectivity index (χ4v) is 16.7. The van der Waals surface area contributed by atoms with Gasteiger partial charge in [-0.15, -0.1) is 0 Å². The lowest BCUT2D eigenvalue weighted by atomic mass is 10.1. The molecule has 0 radical (unpaired) electrons. The second-order valence-corrected chi connectivity index (χ2v) is 33.2. The fourth-order valence-electron chi connectivity index (χ4n) is 12.1. The van der Waals surface area contributed by atoms with Crippen molar-refractivity contribution in [1.82, 2.24) is 38.9 Å². The molecule has 3 aromatic heterocycles. The summed E-state index contributed by atoms with van der Waals surface area (Å²) in [6.07, 6.45) is -25.9. The number of H-pyrrole nitrogens is 3. The molecule has 9 aliphatic rings. The van der Waals surface area contributed by atoms with Crippen LogP contribution in [0.4, 0.5) is 17.6 Å². The number of aliphatic hydroxyl groups excluding tert-OH is 12. The van der Waals surface area contributed by atoms with Gasteiger partial charge in [-0.1, -0.05) is 79.4 Å². The van der Waals surface area contributed by atoms with Crippen molar-refractivity contribution in [3.63, 3.8) is 0 Å². The predicted molar refractivity (Wildman–Crippen MR) is 396 cm³/mol. The second-order valence-electron chi connectivity index (χ2n) is 27.0. The third kappa shape index (κ3) is 19.1. The molecule has 4 unspecified atom stereocenters. The van der Waals surface area contributed by atoms with Gasteiger partial charge in [-0.3, -0.25) is 84.0 Å². The molecule has 4 fully saturated rings. The van der Waals surface area contributed by atoms with Gasteiger partial charge in [-0.25, -0.2) is 50.2 Å². The van der Waals surface area contributed by atoms with Gasteiger partial charge in [0.2, 0.25) is 0 Å². The van der Waals surface area contributed by atoms with E-state index in [0.29, 0.717) is 47.1 Å². The molecule has 16 rings (SSSR count). The number of hydrogen-bond donors (Lipinski definition) is 16. The van der Waals surface area contributed by atoms with Gasteiger partial charge in [-0.2, -0.15) is 0 Å². The molecule has 1 amide bonds. The van der Waals surface area contributed by atoms with Crippen LogP contribution in [0.3, 0.4) is 0 Å². The van der Waals surface area contributed by atoms with E-state index in [1.807, 2.05) is 4.98 Å². The number of ether oxygens (including phenoxy) is 4. The molecule has 124 heavy (non-hydrogen) atoms. The van der Waals surface area contributed by atoms with E-state index >= 15 is 17.6 Å². The molecule has 0 bridgehead atoms. The Hall–Kier alpha value is -9.45. The third-order valence-electron chi connectivity index (χ3n) is 18.7. The van der Waals surface area contributed by atoms with Gasteiger partial charge in [0.05, 0.1) is 83.3 Å². The largest absolute Gasteiger partial charge is 0.530 e. The highest BCUT2D eigenvalue weighted by Gasteiger charge is 2.63. The van der Waals surface area contributed by atoms with Gasteiger partial charge >= 0.3 is 48.4 Å². The average molecular weight is 1850 g/mol. The highest BCUT2D eigenvalue weighted by Crippen LogP contribution is 2.60. The lowest BCUT2D eigenvalue weighted by Gasteiger charge is -2.34. The molecule has 16 N–H and O–H groups in total. The van der Waals surface area contributed by atoms with Crippen LogP contribution < -0.4 is 57.2 Å². The molecule has 0 aliphatic carbocycles. The minimum absolute atomic E-state index is 0.0329. The number of hydrogen-bond acceptors (Lipinski definition) is 40. The highest BCUT2D eigenvalue weighted by molar-refractivity contribution is 7.49. The first-order valence-electron chi connectivity index (χ1n) is 38.6. The summed E-state index contributed by atoms with van der Waals surface area (Å²) < 4.78 is 243. The quantitative estimate of drug-likeness (QED) is 0.0331. The molecular formula is C69H74F4N8O39P4. The zero-order valence-electron chi connectivity index (χ0n) is 68.6. The number of carbonyl (C=O) groups is 1. The van der Waals surface area contributed by atoms with Gasteiger partial charge in [0, 0.05) is 47.0 Å². The summed E-state index contributed by atoms with van der Waals surface area (Å²) in [5.74, 6) is -15.1. The lowest BCUT2D eigenvalue weighted by Crippen LogP contribution is -2.48. The summed E-state index contributed by atoms with van der Waals surface area (Å²) in [4.78, 5) is 89.0. The topological polar surface area (TPSA) is 656 Å². The van der Waals surface area contributed by atoms with E-state index < -0.39 is 227 Å². The molecule has 0 spiro atoms. The van der Waals surface area contributed by atoms with E-state index in [0.717, 1.165) is 18.6 Å². The van der Waals surface area contributed by atoms with E-state index in [-0.39, 0.29) is 71.7 Å². The fraction of sp³-hybridized carbons (Fsp3) is 0.406. The minimum atomic E-state index is -4.80. The number of rotatable bonds is 20. The Balaban J connectivity index is 0.000000148. The summed E-state index contributed by atoms with van der Waals surface area (Å²) in [6.45, 7) is -10.7. The van der Waals surface area contributed by atoms with E-state index in [4.69, 9.17) is 81.5 Å². The molecular weight excluding hydrogens is 1760 g/mol. The van der Waals surface area contributed by atoms with Crippen LogP contribution in [0.25, 0.3) is 0 Å². The van der Waals surface area contributed by atoms with E-state index in [2.05, 4.69) is 11.9 Å². The number of alkyl halides is 4. The van der Waals surface area contributed by atoms with Crippen molar-refractivity contribution in [3.05, 3.63) is 241 Å². The number of amides is 1. The van der Waals surface area contributed by atoms with Crippen LogP contribution in [-0.2, 0) is 124 Å². The van der Waals surface area contributed by atoms with Gasteiger partial charge in [0.15, 0.2) is 24.9 Å². The van der Waals surface area contributed by atoms with Crippen molar-refractivity contribution < 1.29 is 183 Å². The van der Waals surface area contributed by atoms with Gasteiger partial charge in [0.25, 0.3) is 46.0 Å². The number of aliphatic hydroxyl groups is 12. The maximum Gasteiger partial charge on any atom is 0.530 e. The van der Waals surface area contributed by atoms with Crippen molar-refractivity contribution in [1.29, 1.82) is 0 Å². The molecule has 9 aliphatic heterocycles. The van der Waals surface area contributed by atoms with Crippen molar-refractivity contribution >= 4 is 37.2 Å². The molecule has 0 saturated carbocycles. The normalized spacial score (nSPS) is 35.3. The Morgan fingerprint density at radius 2 is 0.742 bits per heavy atom. The molecule has 4 aromatic carbocycles. The van der Waals surface area contributed by atoms with Crippen LogP contribution in [-0.4, -0.2) is 212 Å². The molecule has 7 aromatic rings. The number of para-hydroxylation sites is 4. The smallest absolute Gasteiger partial charge is 0.404 e. The van der Waals surface area contributed by atoms with Crippen LogP contribution >= 0.6 is 31.3 Å². The monoisotopic (exact) mass is 1840 g/mol. The Labute approximate surface area is 697 Å². The Morgan fingerprint density at radius 1 is 0.435 bits per heavy atom. The first kappa shape index (κ1) is 84.1. The van der Waals surface area contributed by atoms with Crippen molar-refractivity contribution in [3.8, 4) is 23.0 Å². The van der Waals surface area contributed by atoms with E-state index in [1.54, 1.807) is 70.6 Å². The number of aromatic amines is 3. The number of phosphoric acid groups is 4. The standard InChI is InChI=1S/C18H20FN2O9P.3C17H18FN2O10P/c1-10-20-16(25)12(7-22)6-21(10)17-14(23)15(24)18(19,29-17)9-28-31(26)27-8-11-4-2-3-5-13(11)30-31;3*18-17(8-28-31(26)27-7-9-3-1-2-4-11(9)30-31)13(23)12(22)15(29-17)20-5-10(6-21)14(24)19-16(20)25/h2-6,14-15,17,22-24H,1,7-9H2,(H,20,25);3*1-5,12-13,15,21-23H,6-8H2,(H,19,24,25)/t14-,15+,17-,18-,31?;3*12-,13+,15-,17-,31?/m1111/s1/i9D2,17D;15D;8D2;. The van der Waals surface area contributed by atoms with E-state index in [9.17, 15) is 113 Å². The molecule has 47 nitrogen and oxygen atoms in total. The van der Waals surface area contributed by atoms with Gasteiger partial charge in [-0.05, 0) is 24.3 Å². The van der Waals surface area contributed by atoms with Gasteiger partial charge in [0.1, 0.15) is 104 Å². The second kappa shape index (κ2) is 36.5. The molecule has 672 valence electrons. The Morgan fingerprint density at radius 3 is 1.13 bits per heavy atom. The zero-order valence-corrected chi connectivity index (χ0v) is 66.2. The Bertz CT molecular complexity index is 6170. The molecule has 4 saturated heterocycles. The lowest BCUT2D eigenvalue weighted by molar-refractivity contribution is -0.208. The SMILES string of the molecule is O=c1[nH]c(=O)n([C@@H]2O[C@](F)(COP3(=O)OCc4ccccc4O3)[C@@H](O)[C@H]2O)cc1CO.[2H]C([2H])(OP1(=O)OCc2ccccc2O1)[C@@]1(F)O[C@@H](n2cc(CO)c(=O)[nH]c2=O)[C@H](O)[C@@H]1O.[2H]C([2H])(OP1(=O)OCc2ccccc2O1)[C@@]1(F)O[C@@]([2H])(N2C=C(CO)C(=O)NC2=C)[C@H](O)[C@@H]1O.[2H][C@@]1(n2cc(CO)c(=O)[nH]c2=O)O[C@](F)(COP2(=O)OCc3ccccc3O2)[C@@H](O)[C@H]1O. The zero-order chi connectivity index (χ0) is 95.0. The number of nitrogens with zero attached hydrogens (tertiary/aromatic N) is 4. The average Bonchev–Trinajstić information content (AvgIpc) is 1.55. The number of halogens is 4. The van der Waals surface area contributed by atoms with Crippen molar-refractivity contribution in [2.24, 2.45) is 0 Å². The van der Waals surface area contributed by atoms with Crippen LogP contribution in [0, 0.1) is 0 Å². The van der Waals surface area contributed by atoms with Crippen LogP contribution in [0.15, 0.2) is 169 Å². The summed E-state index contributed by atoms with van der Waals surface area (Å²) >= 11 is 0. The minimum Gasteiger partial charge on any atom is -0.404 e. The number of phosphoric ester groups is 4. The Kier molecular flexibility index (Phi) is 24.7. The number of nitrogens with one attached hydrogen (secondary N) is 4. The summed E-state index contributed by atoms with van der Waals surface area (Å²) in [5, 5.41) is 121. The summed E-state index contributed by atoms with van der Waals surface area (Å²) in [5.41, 5.74) is -5.61. The third-order valence-corrected chi connectivity index (χ3v) is 23.7. The maximum atomic E-state index is 15.9. The molecule has 55 heteroatoms. The van der Waals surface area contributed by atoms with E-state index in [1.165, 1.54) is 36.4 Å². The van der Waals surface area contributed by atoms with Crippen molar-refractivity contribution in [2.75, 3.05) is 32.9 Å². The number of fused-ring (bicyclic) bond motifs is 4. The first-order valence-corrected chi connectivity index (χ1v) is 41.4. The van der Waals surface area contributed by atoms with Gasteiger partial charge < -0.3 is 109 Å². The maximum absolute atomic E-state index is 15.9. The number of aromatic nitrogens is 6. The molecule has 12 heterocycles. The van der Waals surface area contributed by atoms with Crippen LogP contribution in [0.1, 0.15) is 65.8 Å². The summed E-state index contributed by atoms with van der Waals surface area (Å²) in [6, 6.07) is 25.3. The number of carbonyl (C=O) groups excluding carboxylic acids is 1.